The molecule has 0 spiro atoms. The van der Waals surface area contributed by atoms with Crippen LogP contribution in [0.25, 0.3) is 33.4 Å². The average Bonchev–Trinajstić information content (AvgIpc) is 3.25. The summed E-state index contributed by atoms with van der Waals surface area (Å²) in [4.78, 5) is 0. The van der Waals surface area contributed by atoms with Gasteiger partial charge in [0.1, 0.15) is 46.1 Å². The zero-order valence-corrected chi connectivity index (χ0v) is 30.1. The molecule has 0 radical (unpaired) electrons. The van der Waals surface area contributed by atoms with E-state index in [4.69, 9.17) is 18.9 Å². The number of nitriles is 1. The van der Waals surface area contributed by atoms with Crippen molar-refractivity contribution in [2.75, 3.05) is 7.11 Å². The van der Waals surface area contributed by atoms with E-state index in [2.05, 4.69) is 6.07 Å². The van der Waals surface area contributed by atoms with Crippen molar-refractivity contribution >= 4 is 0 Å². The van der Waals surface area contributed by atoms with Gasteiger partial charge in [0.05, 0.1) is 18.2 Å². The van der Waals surface area contributed by atoms with E-state index >= 15 is 17.6 Å². The van der Waals surface area contributed by atoms with Crippen molar-refractivity contribution < 1.29 is 54.1 Å². The molecule has 0 saturated heterocycles. The zero-order valence-electron chi connectivity index (χ0n) is 30.1. The number of rotatable bonds is 10. The minimum absolute atomic E-state index is 0.154. The largest absolute Gasteiger partial charge is 0.497 e. The Bertz CT molecular complexity index is 2660. The Kier molecular flexibility index (Phi) is 10.8. The molecular weight excluding hydrogens is 770 g/mol. The molecule has 0 aromatic heterocycles. The molecule has 0 atom stereocenters. The van der Waals surface area contributed by atoms with Gasteiger partial charge in [0.25, 0.3) is 0 Å². The van der Waals surface area contributed by atoms with Gasteiger partial charge in [-0.3, -0.25) is 0 Å². The van der Waals surface area contributed by atoms with Gasteiger partial charge in [0, 0.05) is 5.56 Å². The Morgan fingerprint density at radius 2 is 0.741 bits per heavy atom. The van der Waals surface area contributed by atoms with E-state index in [1.54, 1.807) is 61.7 Å². The Hall–Kier alpha value is -7.33. The Labute approximate surface area is 325 Å². The highest BCUT2D eigenvalue weighted by molar-refractivity contribution is 5.70. The first-order valence-corrected chi connectivity index (χ1v) is 17.1. The standard InChI is InChI=1S/C45H25F8NO4/c1-23-37(46)39(48)35(40(49)38(23)47)36-41(50)43(52)45(44(53)42(36)51)58-31-20-12-27(13-21-31)26-10-18-30(19-11-26)57-34-5-3-4-33(32(34)22-54)56-29-16-8-25(9-17-29)24-6-14-28(55-2)15-7-24/h3-21H,1-2H3. The van der Waals surface area contributed by atoms with Gasteiger partial charge in [-0.05, 0) is 89.8 Å². The fourth-order valence-corrected chi connectivity index (χ4v) is 5.97. The fourth-order valence-electron chi connectivity index (χ4n) is 5.97. The van der Waals surface area contributed by atoms with Crippen LogP contribution in [0.15, 0.2) is 115 Å². The first-order chi connectivity index (χ1) is 27.9. The second kappa shape index (κ2) is 16.0. The highest BCUT2D eigenvalue weighted by atomic mass is 19.2. The third kappa shape index (κ3) is 7.35. The van der Waals surface area contributed by atoms with Gasteiger partial charge in [0.2, 0.25) is 17.4 Å². The van der Waals surface area contributed by atoms with E-state index in [1.165, 1.54) is 24.3 Å². The van der Waals surface area contributed by atoms with Gasteiger partial charge in [-0.15, -0.1) is 0 Å². The summed E-state index contributed by atoms with van der Waals surface area (Å²) in [6.07, 6.45) is 0. The minimum atomic E-state index is -2.34. The van der Waals surface area contributed by atoms with Crippen LogP contribution in [0, 0.1) is 64.8 Å². The van der Waals surface area contributed by atoms with E-state index < -0.39 is 69.0 Å². The summed E-state index contributed by atoms with van der Waals surface area (Å²) in [5, 5.41) is 10.0. The van der Waals surface area contributed by atoms with Crippen molar-refractivity contribution in [3.8, 4) is 79.7 Å². The van der Waals surface area contributed by atoms with Crippen molar-refractivity contribution in [1.29, 1.82) is 5.26 Å². The average molecular weight is 796 g/mol. The molecule has 0 amide bonds. The van der Waals surface area contributed by atoms with E-state index in [1.807, 2.05) is 36.4 Å². The fraction of sp³-hybridized carbons (Fsp3) is 0.0444. The van der Waals surface area contributed by atoms with Gasteiger partial charge < -0.3 is 18.9 Å². The number of hydrogen-bond donors (Lipinski definition) is 0. The molecule has 0 heterocycles. The molecule has 0 fully saturated rings. The summed E-state index contributed by atoms with van der Waals surface area (Å²) >= 11 is 0. The van der Waals surface area contributed by atoms with Crippen molar-refractivity contribution in [2.45, 2.75) is 6.92 Å². The Morgan fingerprint density at radius 3 is 1.09 bits per heavy atom. The molecule has 290 valence electrons. The van der Waals surface area contributed by atoms with Crippen molar-refractivity contribution in [1.82, 2.24) is 0 Å². The van der Waals surface area contributed by atoms with Crippen LogP contribution >= 0.6 is 0 Å². The third-order valence-corrected chi connectivity index (χ3v) is 9.05. The van der Waals surface area contributed by atoms with Crippen LogP contribution in [0.4, 0.5) is 35.1 Å². The summed E-state index contributed by atoms with van der Waals surface area (Å²) in [7, 11) is 1.60. The smallest absolute Gasteiger partial charge is 0.205 e. The summed E-state index contributed by atoms with van der Waals surface area (Å²) in [6.45, 7) is 0.663. The number of benzene rings is 7. The minimum Gasteiger partial charge on any atom is -0.497 e. The molecule has 5 nitrogen and oxygen atoms in total. The van der Waals surface area contributed by atoms with Crippen molar-refractivity contribution in [2.24, 2.45) is 0 Å². The van der Waals surface area contributed by atoms with Gasteiger partial charge in [-0.25, -0.2) is 26.3 Å². The number of ether oxygens (including phenoxy) is 4. The molecule has 58 heavy (non-hydrogen) atoms. The maximum atomic E-state index is 15.0. The molecule has 7 aromatic carbocycles. The van der Waals surface area contributed by atoms with Crippen LogP contribution in [0.5, 0.6) is 40.2 Å². The van der Waals surface area contributed by atoms with Gasteiger partial charge in [0.15, 0.2) is 34.9 Å². The quantitative estimate of drug-likeness (QED) is 0.102. The summed E-state index contributed by atoms with van der Waals surface area (Å²) in [5.74, 6) is -17.3. The Balaban J connectivity index is 1.05. The zero-order chi connectivity index (χ0) is 41.2. The highest BCUT2D eigenvalue weighted by Crippen LogP contribution is 2.42. The van der Waals surface area contributed by atoms with Crippen LogP contribution < -0.4 is 18.9 Å². The monoisotopic (exact) mass is 795 g/mol. The maximum Gasteiger partial charge on any atom is 0.205 e. The van der Waals surface area contributed by atoms with Crippen LogP contribution in [0.1, 0.15) is 11.1 Å². The predicted molar refractivity (Wildman–Crippen MR) is 198 cm³/mol. The summed E-state index contributed by atoms with van der Waals surface area (Å²) < 4.78 is 140. The molecule has 0 N–H and O–H groups in total. The molecule has 7 rings (SSSR count). The van der Waals surface area contributed by atoms with Crippen LogP contribution in [0.3, 0.4) is 0 Å². The molecule has 0 aliphatic carbocycles. The second-order valence-electron chi connectivity index (χ2n) is 12.6. The van der Waals surface area contributed by atoms with E-state index in [0.717, 1.165) is 16.9 Å². The molecule has 0 aliphatic rings. The molecule has 0 unspecified atom stereocenters. The number of nitrogens with zero attached hydrogens (tertiary/aromatic N) is 1. The topological polar surface area (TPSA) is 60.7 Å². The summed E-state index contributed by atoms with van der Waals surface area (Å²) in [5.41, 5.74) is -1.79. The molecule has 0 saturated carbocycles. The van der Waals surface area contributed by atoms with E-state index in [9.17, 15) is 22.8 Å². The molecular formula is C45H25F8NO4. The summed E-state index contributed by atoms with van der Waals surface area (Å²) in [6, 6.07) is 34.0. The Morgan fingerprint density at radius 1 is 0.414 bits per heavy atom. The van der Waals surface area contributed by atoms with Crippen LogP contribution in [0.2, 0.25) is 0 Å². The second-order valence-corrected chi connectivity index (χ2v) is 12.6. The lowest BCUT2D eigenvalue weighted by molar-refractivity contribution is 0.366. The highest BCUT2D eigenvalue weighted by Gasteiger charge is 2.34. The predicted octanol–water partition coefficient (Wildman–Crippen LogP) is 13.4. The van der Waals surface area contributed by atoms with Crippen molar-refractivity contribution in [3.05, 3.63) is 173 Å². The molecule has 0 bridgehead atoms. The lowest BCUT2D eigenvalue weighted by Gasteiger charge is -2.15. The first kappa shape index (κ1) is 38.9. The lowest BCUT2D eigenvalue weighted by atomic mass is 9.99. The number of hydrogen-bond acceptors (Lipinski definition) is 5. The number of halogens is 8. The maximum absolute atomic E-state index is 15.0. The lowest BCUT2D eigenvalue weighted by Crippen LogP contribution is -2.09. The van der Waals surface area contributed by atoms with Gasteiger partial charge >= 0.3 is 0 Å². The normalized spacial score (nSPS) is 10.9. The number of methoxy groups -OCH3 is 1. The molecule has 0 aliphatic heterocycles. The van der Waals surface area contributed by atoms with Crippen LogP contribution in [-0.4, -0.2) is 7.11 Å². The van der Waals surface area contributed by atoms with Gasteiger partial charge in [-0.2, -0.15) is 14.0 Å². The van der Waals surface area contributed by atoms with Crippen LogP contribution in [-0.2, 0) is 0 Å². The SMILES string of the molecule is COc1ccc(-c2ccc(Oc3cccc(Oc4ccc(-c5ccc(Oc6c(F)c(F)c(-c7c(F)c(F)c(C)c(F)c7F)c(F)c6F)cc5)cc4)c3C#N)cc2)cc1. The molecule has 7 aromatic rings. The molecule has 13 heteroatoms. The van der Waals surface area contributed by atoms with Crippen molar-refractivity contribution in [3.63, 3.8) is 0 Å². The first-order valence-electron chi connectivity index (χ1n) is 17.1. The third-order valence-electron chi connectivity index (χ3n) is 9.05. The van der Waals surface area contributed by atoms with Gasteiger partial charge in [-0.1, -0.05) is 54.6 Å². The van der Waals surface area contributed by atoms with E-state index in [-0.39, 0.29) is 22.8 Å². The van der Waals surface area contributed by atoms with E-state index in [0.29, 0.717) is 29.5 Å².